The zero-order chi connectivity index (χ0) is 19.3. The lowest BCUT2D eigenvalue weighted by molar-refractivity contribution is -0.120. The summed E-state index contributed by atoms with van der Waals surface area (Å²) in [5.41, 5.74) is 0.653. The van der Waals surface area contributed by atoms with Crippen LogP contribution in [0, 0.1) is 0 Å². The van der Waals surface area contributed by atoms with Gasteiger partial charge in [0, 0.05) is 25.6 Å². The van der Waals surface area contributed by atoms with Crippen LogP contribution in [-0.2, 0) is 18.4 Å². The van der Waals surface area contributed by atoms with Gasteiger partial charge < -0.3 is 14.6 Å². The molecule has 2 aromatic heterocycles. The Morgan fingerprint density at radius 2 is 2.14 bits per heavy atom. The summed E-state index contributed by atoms with van der Waals surface area (Å²) < 4.78 is 7.89. The zero-order valence-corrected chi connectivity index (χ0v) is 15.8. The van der Waals surface area contributed by atoms with Crippen molar-refractivity contribution in [1.82, 2.24) is 19.4 Å². The van der Waals surface area contributed by atoms with Crippen LogP contribution in [0.3, 0.4) is 0 Å². The van der Waals surface area contributed by atoms with Crippen molar-refractivity contribution in [2.45, 2.75) is 25.4 Å². The van der Waals surface area contributed by atoms with Crippen molar-refractivity contribution in [3.63, 3.8) is 0 Å². The Balaban J connectivity index is 1.46. The van der Waals surface area contributed by atoms with Gasteiger partial charge in [-0.2, -0.15) is 0 Å². The number of carbonyl (C=O) groups is 1. The highest BCUT2D eigenvalue weighted by atomic mass is 16.5. The van der Waals surface area contributed by atoms with Gasteiger partial charge in [0.15, 0.2) is 5.75 Å². The standard InChI is InChI=1S/C21H23N5O2/c1-25-13-11-23-20(25)15-26-12-5-8-18(26)21(27)24-17-7-2-3-9-19(17)28-16-6-4-10-22-14-16/h2-4,6-7,9-11,13-14,18H,5,8,12,15H2,1H3,(H,24,27)/t18-/m0/s1. The van der Waals surface area contributed by atoms with Crippen LogP contribution in [0.5, 0.6) is 11.5 Å². The van der Waals surface area contributed by atoms with Crippen LogP contribution < -0.4 is 10.1 Å². The fourth-order valence-electron chi connectivity index (χ4n) is 3.45. The van der Waals surface area contributed by atoms with E-state index in [-0.39, 0.29) is 11.9 Å². The number of likely N-dealkylation sites (tertiary alicyclic amines) is 1. The molecule has 1 amide bonds. The van der Waals surface area contributed by atoms with Crippen LogP contribution >= 0.6 is 0 Å². The lowest BCUT2D eigenvalue weighted by Crippen LogP contribution is -2.39. The number of aromatic nitrogens is 3. The molecule has 3 heterocycles. The number of benzene rings is 1. The molecular weight excluding hydrogens is 354 g/mol. The number of ether oxygens (including phenoxy) is 1. The normalized spacial score (nSPS) is 16.8. The number of pyridine rings is 1. The molecule has 0 aliphatic carbocycles. The van der Waals surface area contributed by atoms with E-state index in [0.717, 1.165) is 25.2 Å². The summed E-state index contributed by atoms with van der Waals surface area (Å²) >= 11 is 0. The first-order chi connectivity index (χ1) is 13.7. The van der Waals surface area contributed by atoms with E-state index in [1.54, 1.807) is 18.6 Å². The molecule has 0 unspecified atom stereocenters. The third kappa shape index (κ3) is 4.04. The third-order valence-electron chi connectivity index (χ3n) is 4.94. The molecule has 1 saturated heterocycles. The Morgan fingerprint density at radius 1 is 1.25 bits per heavy atom. The molecular formula is C21H23N5O2. The van der Waals surface area contributed by atoms with Gasteiger partial charge in [0.25, 0.3) is 0 Å². The molecule has 28 heavy (non-hydrogen) atoms. The van der Waals surface area contributed by atoms with Gasteiger partial charge >= 0.3 is 0 Å². The van der Waals surface area contributed by atoms with Crippen molar-refractivity contribution in [1.29, 1.82) is 0 Å². The minimum atomic E-state index is -0.178. The molecule has 1 aliphatic rings. The first kappa shape index (κ1) is 18.2. The molecule has 1 fully saturated rings. The third-order valence-corrected chi connectivity index (χ3v) is 4.94. The Labute approximate surface area is 164 Å². The number of hydrogen-bond acceptors (Lipinski definition) is 5. The quantitative estimate of drug-likeness (QED) is 0.714. The summed E-state index contributed by atoms with van der Waals surface area (Å²) in [5.74, 6) is 2.16. The van der Waals surface area contributed by atoms with E-state index in [0.29, 0.717) is 23.7 Å². The Hall–Kier alpha value is -3.19. The fourth-order valence-corrected chi connectivity index (χ4v) is 3.45. The maximum atomic E-state index is 13.0. The second-order valence-electron chi connectivity index (χ2n) is 6.86. The molecule has 7 nitrogen and oxygen atoms in total. The number of nitrogens with zero attached hydrogens (tertiary/aromatic N) is 4. The number of carbonyl (C=O) groups excluding carboxylic acids is 1. The van der Waals surface area contributed by atoms with E-state index >= 15 is 0 Å². The average Bonchev–Trinajstić information content (AvgIpc) is 3.34. The van der Waals surface area contributed by atoms with E-state index < -0.39 is 0 Å². The zero-order valence-electron chi connectivity index (χ0n) is 15.8. The highest BCUT2D eigenvalue weighted by Crippen LogP contribution is 2.30. The van der Waals surface area contributed by atoms with Gasteiger partial charge in [0.2, 0.25) is 5.91 Å². The molecule has 7 heteroatoms. The number of imidazole rings is 1. The van der Waals surface area contributed by atoms with Gasteiger partial charge in [0.1, 0.15) is 11.6 Å². The van der Waals surface area contributed by atoms with Crippen molar-refractivity contribution < 1.29 is 9.53 Å². The van der Waals surface area contributed by atoms with Crippen LogP contribution in [0.1, 0.15) is 18.7 Å². The van der Waals surface area contributed by atoms with Crippen LogP contribution in [0.4, 0.5) is 5.69 Å². The largest absolute Gasteiger partial charge is 0.454 e. The van der Waals surface area contributed by atoms with Crippen LogP contribution in [-0.4, -0.2) is 37.9 Å². The van der Waals surface area contributed by atoms with Crippen LogP contribution in [0.15, 0.2) is 61.2 Å². The molecule has 1 atom stereocenters. The number of amides is 1. The Bertz CT molecular complexity index is 941. The fraction of sp³-hybridized carbons (Fsp3) is 0.286. The molecule has 0 spiro atoms. The Morgan fingerprint density at radius 3 is 2.93 bits per heavy atom. The molecule has 4 rings (SSSR count). The van der Waals surface area contributed by atoms with Gasteiger partial charge in [-0.1, -0.05) is 12.1 Å². The first-order valence-electron chi connectivity index (χ1n) is 9.39. The summed E-state index contributed by atoms with van der Waals surface area (Å²) in [6.07, 6.45) is 8.87. The number of para-hydroxylation sites is 2. The van der Waals surface area contributed by atoms with Gasteiger partial charge in [-0.05, 0) is 43.7 Å². The molecule has 0 radical (unpaired) electrons. The topological polar surface area (TPSA) is 72.3 Å². The van der Waals surface area contributed by atoms with E-state index in [4.69, 9.17) is 4.74 Å². The molecule has 1 aromatic carbocycles. The Kier molecular flexibility index (Phi) is 5.34. The predicted molar refractivity (Wildman–Crippen MR) is 106 cm³/mol. The number of anilines is 1. The molecule has 3 aromatic rings. The SMILES string of the molecule is Cn1ccnc1CN1CCC[C@H]1C(=O)Nc1ccccc1Oc1cccnc1. The summed E-state index contributed by atoms with van der Waals surface area (Å²) in [6, 6.07) is 10.9. The predicted octanol–water partition coefficient (Wildman–Crippen LogP) is 3.21. The summed E-state index contributed by atoms with van der Waals surface area (Å²) in [7, 11) is 1.97. The average molecular weight is 377 g/mol. The number of rotatable bonds is 6. The second-order valence-corrected chi connectivity index (χ2v) is 6.86. The lowest BCUT2D eigenvalue weighted by atomic mass is 10.2. The minimum absolute atomic E-state index is 0.0195. The molecule has 0 bridgehead atoms. The smallest absolute Gasteiger partial charge is 0.241 e. The second kappa shape index (κ2) is 8.22. The number of aryl methyl sites for hydroxylation is 1. The van der Waals surface area contributed by atoms with Crippen LogP contribution in [0.25, 0.3) is 0 Å². The highest BCUT2D eigenvalue weighted by Gasteiger charge is 2.31. The van der Waals surface area contributed by atoms with Crippen LogP contribution in [0.2, 0.25) is 0 Å². The maximum Gasteiger partial charge on any atom is 0.241 e. The van der Waals surface area contributed by atoms with Gasteiger partial charge in [-0.25, -0.2) is 4.98 Å². The summed E-state index contributed by atoms with van der Waals surface area (Å²) in [4.78, 5) is 23.6. The number of nitrogens with one attached hydrogen (secondary N) is 1. The number of hydrogen-bond donors (Lipinski definition) is 1. The maximum absolute atomic E-state index is 13.0. The summed E-state index contributed by atoms with van der Waals surface area (Å²) in [6.45, 7) is 1.55. The van der Waals surface area contributed by atoms with E-state index in [9.17, 15) is 4.79 Å². The molecule has 0 saturated carbocycles. The van der Waals surface area contributed by atoms with E-state index in [1.165, 1.54) is 0 Å². The van der Waals surface area contributed by atoms with Crippen molar-refractivity contribution in [2.75, 3.05) is 11.9 Å². The van der Waals surface area contributed by atoms with Crippen molar-refractivity contribution in [3.8, 4) is 11.5 Å². The van der Waals surface area contributed by atoms with E-state index in [1.807, 2.05) is 54.2 Å². The van der Waals surface area contributed by atoms with Gasteiger partial charge in [-0.3, -0.25) is 14.7 Å². The molecule has 1 N–H and O–H groups in total. The highest BCUT2D eigenvalue weighted by molar-refractivity contribution is 5.96. The van der Waals surface area contributed by atoms with Gasteiger partial charge in [-0.15, -0.1) is 0 Å². The van der Waals surface area contributed by atoms with E-state index in [2.05, 4.69) is 20.2 Å². The van der Waals surface area contributed by atoms with Gasteiger partial charge in [0.05, 0.1) is 24.5 Å². The summed E-state index contributed by atoms with van der Waals surface area (Å²) in [5, 5.41) is 3.04. The van der Waals surface area contributed by atoms with Crippen molar-refractivity contribution >= 4 is 11.6 Å². The lowest BCUT2D eigenvalue weighted by Gasteiger charge is -2.23. The van der Waals surface area contributed by atoms with Crippen molar-refractivity contribution in [2.24, 2.45) is 7.05 Å². The molecule has 1 aliphatic heterocycles. The monoisotopic (exact) mass is 377 g/mol. The minimum Gasteiger partial charge on any atom is -0.454 e. The molecule has 144 valence electrons. The van der Waals surface area contributed by atoms with Crippen molar-refractivity contribution in [3.05, 3.63) is 67.0 Å². The first-order valence-corrected chi connectivity index (χ1v) is 9.39.